The molecule has 5 nitrogen and oxygen atoms in total. The molecule has 0 radical (unpaired) electrons. The molecule has 0 aromatic heterocycles. The van der Waals surface area contributed by atoms with E-state index in [1.165, 1.54) is 4.90 Å². The first-order valence-corrected chi connectivity index (χ1v) is 6.80. The summed E-state index contributed by atoms with van der Waals surface area (Å²) in [6.45, 7) is 2.61. The van der Waals surface area contributed by atoms with Gasteiger partial charge in [-0.3, -0.25) is 0 Å². The van der Waals surface area contributed by atoms with E-state index in [1.807, 2.05) is 37.3 Å². The largest absolute Gasteiger partial charge is 0.452 e. The number of benzene rings is 1. The molecule has 0 spiro atoms. The molecule has 1 amide bonds. The molecule has 0 unspecified atom stereocenters. The lowest BCUT2D eigenvalue weighted by Crippen LogP contribution is -2.29. The van der Waals surface area contributed by atoms with Crippen molar-refractivity contribution in [2.75, 3.05) is 13.6 Å². The van der Waals surface area contributed by atoms with Crippen molar-refractivity contribution in [1.82, 2.24) is 4.90 Å². The summed E-state index contributed by atoms with van der Waals surface area (Å²) >= 11 is 0. The highest BCUT2D eigenvalue weighted by Crippen LogP contribution is 2.04. The van der Waals surface area contributed by atoms with Crippen LogP contribution >= 0.6 is 0 Å². The Morgan fingerprint density at radius 3 is 2.50 bits per heavy atom. The molecular weight excluding hydrogens is 258 g/mol. The fourth-order valence-electron chi connectivity index (χ4n) is 1.57. The highest BCUT2D eigenvalue weighted by Gasteiger charge is 2.13. The van der Waals surface area contributed by atoms with E-state index in [-0.39, 0.29) is 6.42 Å². The molecular formula is C15H21NO4. The van der Waals surface area contributed by atoms with Gasteiger partial charge in [-0.05, 0) is 18.4 Å². The molecule has 0 aliphatic heterocycles. The summed E-state index contributed by atoms with van der Waals surface area (Å²) in [5, 5.41) is 0. The zero-order valence-electron chi connectivity index (χ0n) is 12.0. The molecule has 110 valence electrons. The molecule has 5 heteroatoms. The second kappa shape index (κ2) is 8.96. The topological polar surface area (TPSA) is 55.8 Å². The summed E-state index contributed by atoms with van der Waals surface area (Å²) in [7, 11) is 1.61. The van der Waals surface area contributed by atoms with E-state index in [9.17, 15) is 9.59 Å². The first-order valence-electron chi connectivity index (χ1n) is 6.80. The van der Waals surface area contributed by atoms with Gasteiger partial charge in [-0.15, -0.1) is 0 Å². The molecule has 0 saturated heterocycles. The number of unbranched alkanes of at least 4 members (excludes halogenated alkanes) is 1. The van der Waals surface area contributed by atoms with Gasteiger partial charge < -0.3 is 4.90 Å². The van der Waals surface area contributed by atoms with Crippen LogP contribution in [-0.4, -0.2) is 30.6 Å². The number of rotatable bonds is 6. The summed E-state index contributed by atoms with van der Waals surface area (Å²) in [5.74, 6) is -0.550. The third-order valence-corrected chi connectivity index (χ3v) is 2.83. The molecule has 1 rings (SSSR count). The maximum absolute atomic E-state index is 11.5. The lowest BCUT2D eigenvalue weighted by Gasteiger charge is -2.14. The Hall–Kier alpha value is -2.04. The van der Waals surface area contributed by atoms with E-state index in [0.717, 1.165) is 18.4 Å². The molecule has 0 saturated carbocycles. The molecule has 0 aliphatic carbocycles. The summed E-state index contributed by atoms with van der Waals surface area (Å²) in [5.41, 5.74) is 1.04. The number of aryl methyl sites for hydroxylation is 1. The van der Waals surface area contributed by atoms with Crippen LogP contribution in [-0.2, 0) is 21.0 Å². The molecule has 0 heterocycles. The highest BCUT2D eigenvalue weighted by atomic mass is 17.2. The monoisotopic (exact) mass is 279 g/mol. The first-order chi connectivity index (χ1) is 9.63. The number of hydrogen-bond acceptors (Lipinski definition) is 4. The Bertz CT molecular complexity index is 419. The zero-order valence-corrected chi connectivity index (χ0v) is 12.0. The summed E-state index contributed by atoms with van der Waals surface area (Å²) < 4.78 is 0. The minimum absolute atomic E-state index is 0.177. The van der Waals surface area contributed by atoms with Crippen LogP contribution in [0.2, 0.25) is 0 Å². The SMILES string of the molecule is CCCCN(C)C(=O)OOC(=O)CCc1ccccc1. The van der Waals surface area contributed by atoms with Crippen LogP contribution in [0.1, 0.15) is 31.7 Å². The highest BCUT2D eigenvalue weighted by molar-refractivity contribution is 5.72. The second-order valence-electron chi connectivity index (χ2n) is 4.57. The fourth-order valence-corrected chi connectivity index (χ4v) is 1.57. The van der Waals surface area contributed by atoms with E-state index >= 15 is 0 Å². The maximum atomic E-state index is 11.5. The lowest BCUT2D eigenvalue weighted by molar-refractivity contribution is -0.236. The van der Waals surface area contributed by atoms with Gasteiger partial charge in [0, 0.05) is 13.6 Å². The van der Waals surface area contributed by atoms with Crippen molar-refractivity contribution in [1.29, 1.82) is 0 Å². The number of amides is 1. The fraction of sp³-hybridized carbons (Fsp3) is 0.467. The predicted octanol–water partition coefficient (Wildman–Crippen LogP) is 2.95. The Morgan fingerprint density at radius 2 is 1.85 bits per heavy atom. The molecule has 1 aromatic rings. The average molecular weight is 279 g/mol. The van der Waals surface area contributed by atoms with Crippen molar-refractivity contribution in [3.8, 4) is 0 Å². The molecule has 0 fully saturated rings. The molecule has 1 aromatic carbocycles. The van der Waals surface area contributed by atoms with Gasteiger partial charge in [-0.1, -0.05) is 43.7 Å². The van der Waals surface area contributed by atoms with Gasteiger partial charge in [0.05, 0.1) is 6.42 Å². The zero-order chi connectivity index (χ0) is 14.8. The van der Waals surface area contributed by atoms with E-state index < -0.39 is 12.1 Å². The quantitative estimate of drug-likeness (QED) is 0.593. The van der Waals surface area contributed by atoms with Crippen LogP contribution < -0.4 is 0 Å². The van der Waals surface area contributed by atoms with Crippen molar-refractivity contribution < 1.29 is 19.4 Å². The van der Waals surface area contributed by atoms with Crippen LogP contribution in [0.3, 0.4) is 0 Å². The molecule has 20 heavy (non-hydrogen) atoms. The third kappa shape index (κ3) is 6.22. The predicted molar refractivity (Wildman–Crippen MR) is 74.9 cm³/mol. The van der Waals surface area contributed by atoms with E-state index in [2.05, 4.69) is 9.78 Å². The van der Waals surface area contributed by atoms with E-state index in [0.29, 0.717) is 13.0 Å². The number of carbonyl (C=O) groups excluding carboxylic acids is 2. The average Bonchev–Trinajstić information content (AvgIpc) is 2.49. The van der Waals surface area contributed by atoms with Gasteiger partial charge in [-0.2, -0.15) is 0 Å². The minimum Gasteiger partial charge on any atom is -0.308 e. The second-order valence-corrected chi connectivity index (χ2v) is 4.57. The molecule has 0 atom stereocenters. The Kier molecular flexibility index (Phi) is 7.17. The molecule has 0 N–H and O–H groups in total. The Labute approximate surface area is 119 Å². The van der Waals surface area contributed by atoms with Crippen LogP contribution in [0.4, 0.5) is 4.79 Å². The van der Waals surface area contributed by atoms with Gasteiger partial charge in [0.1, 0.15) is 0 Å². The van der Waals surface area contributed by atoms with Gasteiger partial charge in [0.15, 0.2) is 0 Å². The number of nitrogens with zero attached hydrogens (tertiary/aromatic N) is 1. The van der Waals surface area contributed by atoms with Crippen LogP contribution in [0, 0.1) is 0 Å². The lowest BCUT2D eigenvalue weighted by atomic mass is 10.1. The summed E-state index contributed by atoms with van der Waals surface area (Å²) in [6.07, 6.45) is 1.95. The minimum atomic E-state index is -0.647. The summed E-state index contributed by atoms with van der Waals surface area (Å²) in [6, 6.07) is 9.58. The van der Waals surface area contributed by atoms with Gasteiger partial charge in [0.25, 0.3) is 0 Å². The van der Waals surface area contributed by atoms with Gasteiger partial charge in [-0.25, -0.2) is 19.4 Å². The van der Waals surface area contributed by atoms with Crippen molar-refractivity contribution in [3.05, 3.63) is 35.9 Å². The normalized spacial score (nSPS) is 9.90. The van der Waals surface area contributed by atoms with E-state index in [4.69, 9.17) is 0 Å². The standard InChI is InChI=1S/C15H21NO4/c1-3-4-12-16(2)15(18)20-19-14(17)11-10-13-8-6-5-7-9-13/h5-9H,3-4,10-12H2,1-2H3. The van der Waals surface area contributed by atoms with E-state index in [1.54, 1.807) is 7.05 Å². The third-order valence-electron chi connectivity index (χ3n) is 2.83. The maximum Gasteiger partial charge on any atom is 0.452 e. The van der Waals surface area contributed by atoms with Crippen LogP contribution in [0.5, 0.6) is 0 Å². The van der Waals surface area contributed by atoms with Crippen molar-refractivity contribution >= 4 is 12.1 Å². The summed E-state index contributed by atoms with van der Waals surface area (Å²) in [4.78, 5) is 33.3. The van der Waals surface area contributed by atoms with Crippen molar-refractivity contribution in [2.45, 2.75) is 32.6 Å². The van der Waals surface area contributed by atoms with Crippen LogP contribution in [0.25, 0.3) is 0 Å². The Balaban J connectivity index is 2.21. The number of hydrogen-bond donors (Lipinski definition) is 0. The molecule has 0 bridgehead atoms. The molecule has 0 aliphatic rings. The smallest absolute Gasteiger partial charge is 0.308 e. The Morgan fingerprint density at radius 1 is 1.15 bits per heavy atom. The van der Waals surface area contributed by atoms with Gasteiger partial charge >= 0.3 is 12.1 Å². The van der Waals surface area contributed by atoms with Crippen molar-refractivity contribution in [2.24, 2.45) is 0 Å². The first kappa shape index (κ1) is 16.0. The van der Waals surface area contributed by atoms with Crippen molar-refractivity contribution in [3.63, 3.8) is 0 Å². The van der Waals surface area contributed by atoms with Gasteiger partial charge in [0.2, 0.25) is 0 Å². The number of carbonyl (C=O) groups is 2. The van der Waals surface area contributed by atoms with Crippen LogP contribution in [0.15, 0.2) is 30.3 Å².